The number of hydrogen-bond acceptors (Lipinski definition) is 1. The van der Waals surface area contributed by atoms with Gasteiger partial charge in [-0.15, -0.1) is 0 Å². The average Bonchev–Trinajstić information content (AvgIpc) is 2.82. The lowest BCUT2D eigenvalue weighted by molar-refractivity contribution is 1.12. The van der Waals surface area contributed by atoms with Crippen molar-refractivity contribution >= 4 is 27.3 Å². The fourth-order valence-corrected chi connectivity index (χ4v) is 2.98. The van der Waals surface area contributed by atoms with E-state index in [2.05, 4.69) is 63.9 Å². The van der Waals surface area contributed by atoms with Crippen molar-refractivity contribution in [2.75, 3.05) is 0 Å². The quantitative estimate of drug-likeness (QED) is 0.709. The topological polar surface area (TPSA) is 0 Å². The van der Waals surface area contributed by atoms with Crippen LogP contribution in [0.3, 0.4) is 0 Å². The van der Waals surface area contributed by atoms with Crippen LogP contribution >= 0.6 is 27.3 Å². The molecule has 1 aromatic heterocycles. The first-order chi connectivity index (χ1) is 7.31. The van der Waals surface area contributed by atoms with E-state index in [4.69, 9.17) is 0 Å². The van der Waals surface area contributed by atoms with E-state index in [1.54, 1.807) is 11.3 Å². The van der Waals surface area contributed by atoms with Gasteiger partial charge in [0.25, 0.3) is 0 Å². The highest BCUT2D eigenvalue weighted by molar-refractivity contribution is 9.09. The normalized spacial score (nSPS) is 12.7. The predicted octanol–water partition coefficient (Wildman–Crippen LogP) is 4.79. The van der Waals surface area contributed by atoms with Crippen LogP contribution < -0.4 is 0 Å². The maximum Gasteiger partial charge on any atom is 0.0652 e. The Morgan fingerprint density at radius 3 is 2.40 bits per heavy atom. The zero-order valence-electron chi connectivity index (χ0n) is 8.61. The van der Waals surface area contributed by atoms with Crippen molar-refractivity contribution in [3.8, 4) is 0 Å². The Bertz CT molecular complexity index is 403. The maximum absolute atomic E-state index is 3.73. The molecule has 15 heavy (non-hydrogen) atoms. The third-order valence-electron chi connectivity index (χ3n) is 2.52. The van der Waals surface area contributed by atoms with E-state index in [9.17, 15) is 0 Å². The first-order valence-corrected chi connectivity index (χ1v) is 6.92. The smallest absolute Gasteiger partial charge is 0.0652 e. The number of benzene rings is 1. The summed E-state index contributed by atoms with van der Waals surface area (Å²) in [5.74, 6) is 0. The van der Waals surface area contributed by atoms with Crippen molar-refractivity contribution in [3.63, 3.8) is 0 Å². The molecule has 1 heterocycles. The van der Waals surface area contributed by atoms with Crippen LogP contribution in [0, 0.1) is 0 Å². The molecule has 0 aliphatic rings. The molecule has 1 unspecified atom stereocenters. The summed E-state index contributed by atoms with van der Waals surface area (Å²) in [6.07, 6.45) is 1.10. The summed E-state index contributed by atoms with van der Waals surface area (Å²) >= 11 is 5.47. The molecule has 78 valence electrons. The zero-order valence-corrected chi connectivity index (χ0v) is 11.0. The Hall–Kier alpha value is -0.600. The summed E-state index contributed by atoms with van der Waals surface area (Å²) in [5.41, 5.74) is 4.05. The Kier molecular flexibility index (Phi) is 3.60. The highest BCUT2D eigenvalue weighted by Gasteiger charge is 2.09. The predicted molar refractivity (Wildman–Crippen MR) is 70.9 cm³/mol. The number of rotatable bonds is 3. The van der Waals surface area contributed by atoms with Crippen LogP contribution in [0.25, 0.3) is 0 Å². The second kappa shape index (κ2) is 4.95. The van der Waals surface area contributed by atoms with Gasteiger partial charge in [-0.2, -0.15) is 11.3 Å². The highest BCUT2D eigenvalue weighted by Crippen LogP contribution is 2.31. The Morgan fingerprint density at radius 1 is 1.13 bits per heavy atom. The van der Waals surface area contributed by atoms with E-state index in [1.807, 2.05) is 0 Å². The van der Waals surface area contributed by atoms with Gasteiger partial charge < -0.3 is 0 Å². The van der Waals surface area contributed by atoms with Crippen molar-refractivity contribution < 1.29 is 0 Å². The SMILES string of the molecule is CCc1ccc(C(Br)c2ccsc2)cc1. The van der Waals surface area contributed by atoms with Crippen LogP contribution in [-0.2, 0) is 6.42 Å². The molecular weight excluding hydrogens is 268 g/mol. The lowest BCUT2D eigenvalue weighted by Gasteiger charge is -2.08. The van der Waals surface area contributed by atoms with Gasteiger partial charge in [0, 0.05) is 0 Å². The first kappa shape index (κ1) is 10.9. The summed E-state index contributed by atoms with van der Waals surface area (Å²) in [6.45, 7) is 2.18. The molecule has 0 N–H and O–H groups in total. The molecule has 0 amide bonds. The third kappa shape index (κ3) is 2.50. The number of halogens is 1. The molecule has 2 rings (SSSR count). The minimum Gasteiger partial charge on any atom is -0.152 e. The molecule has 0 nitrogen and oxygen atoms in total. The fraction of sp³-hybridized carbons (Fsp3) is 0.231. The number of thiophene rings is 1. The third-order valence-corrected chi connectivity index (χ3v) is 4.28. The minimum absolute atomic E-state index is 0.328. The van der Waals surface area contributed by atoms with Crippen molar-refractivity contribution in [1.82, 2.24) is 0 Å². The van der Waals surface area contributed by atoms with Crippen LogP contribution in [0.2, 0.25) is 0 Å². The van der Waals surface area contributed by atoms with Crippen molar-refractivity contribution in [2.45, 2.75) is 18.2 Å². The molecule has 0 aliphatic heterocycles. The van der Waals surface area contributed by atoms with Gasteiger partial charge in [0.05, 0.1) is 4.83 Å². The van der Waals surface area contributed by atoms with Gasteiger partial charge in [-0.1, -0.05) is 47.1 Å². The maximum atomic E-state index is 3.73. The van der Waals surface area contributed by atoms with Crippen molar-refractivity contribution in [1.29, 1.82) is 0 Å². The van der Waals surface area contributed by atoms with E-state index in [1.165, 1.54) is 16.7 Å². The van der Waals surface area contributed by atoms with Crippen LogP contribution in [0.1, 0.15) is 28.4 Å². The molecule has 0 bridgehead atoms. The number of alkyl halides is 1. The van der Waals surface area contributed by atoms with Gasteiger partial charge in [0.15, 0.2) is 0 Å². The van der Waals surface area contributed by atoms with E-state index in [-0.39, 0.29) is 0 Å². The van der Waals surface area contributed by atoms with E-state index in [0.717, 1.165) is 6.42 Å². The molecule has 0 saturated heterocycles. The van der Waals surface area contributed by atoms with Gasteiger partial charge in [0.1, 0.15) is 0 Å². The Labute approximate surface area is 103 Å². The van der Waals surface area contributed by atoms with E-state index < -0.39 is 0 Å². The summed E-state index contributed by atoms with van der Waals surface area (Å²) in [5, 5.41) is 4.30. The molecule has 1 atom stereocenters. The van der Waals surface area contributed by atoms with E-state index in [0.29, 0.717) is 4.83 Å². The highest BCUT2D eigenvalue weighted by atomic mass is 79.9. The lowest BCUT2D eigenvalue weighted by atomic mass is 10.0. The number of hydrogen-bond donors (Lipinski definition) is 0. The zero-order chi connectivity index (χ0) is 10.7. The molecule has 0 fully saturated rings. The van der Waals surface area contributed by atoms with Crippen LogP contribution in [0.4, 0.5) is 0 Å². The molecule has 2 heteroatoms. The minimum atomic E-state index is 0.328. The van der Waals surface area contributed by atoms with Crippen molar-refractivity contribution in [2.24, 2.45) is 0 Å². The first-order valence-electron chi connectivity index (χ1n) is 5.06. The second-order valence-corrected chi connectivity index (χ2v) is 5.21. The summed E-state index contributed by atoms with van der Waals surface area (Å²) in [6, 6.07) is 11.0. The Morgan fingerprint density at radius 2 is 1.87 bits per heavy atom. The molecule has 0 spiro atoms. The van der Waals surface area contributed by atoms with Gasteiger partial charge in [0.2, 0.25) is 0 Å². The molecule has 2 aromatic rings. The summed E-state index contributed by atoms with van der Waals surface area (Å²) in [7, 11) is 0. The molecule has 0 radical (unpaired) electrons. The monoisotopic (exact) mass is 280 g/mol. The van der Waals surface area contributed by atoms with Gasteiger partial charge >= 0.3 is 0 Å². The molecular formula is C13H13BrS. The number of aryl methyl sites for hydroxylation is 1. The van der Waals surface area contributed by atoms with Crippen LogP contribution in [0.15, 0.2) is 41.1 Å². The van der Waals surface area contributed by atoms with Gasteiger partial charge in [-0.05, 0) is 39.9 Å². The second-order valence-electron chi connectivity index (χ2n) is 3.51. The fourth-order valence-electron chi connectivity index (χ4n) is 1.53. The van der Waals surface area contributed by atoms with E-state index >= 15 is 0 Å². The Balaban J connectivity index is 2.22. The largest absolute Gasteiger partial charge is 0.152 e. The standard InChI is InChI=1S/C13H13BrS/c1-2-10-3-5-11(6-4-10)13(14)12-7-8-15-9-12/h3-9,13H,2H2,1H3. The van der Waals surface area contributed by atoms with Crippen LogP contribution in [-0.4, -0.2) is 0 Å². The van der Waals surface area contributed by atoms with Crippen molar-refractivity contribution in [3.05, 3.63) is 57.8 Å². The average molecular weight is 281 g/mol. The van der Waals surface area contributed by atoms with Crippen LogP contribution in [0.5, 0.6) is 0 Å². The molecule has 1 aromatic carbocycles. The summed E-state index contributed by atoms with van der Waals surface area (Å²) < 4.78 is 0. The van der Waals surface area contributed by atoms with Gasteiger partial charge in [-0.3, -0.25) is 0 Å². The lowest BCUT2D eigenvalue weighted by Crippen LogP contribution is -1.90. The van der Waals surface area contributed by atoms with Gasteiger partial charge in [-0.25, -0.2) is 0 Å². The molecule has 0 aliphatic carbocycles. The molecule has 0 saturated carbocycles. The summed E-state index contributed by atoms with van der Waals surface area (Å²) in [4.78, 5) is 0.328.